The van der Waals surface area contributed by atoms with Crippen LogP contribution in [0, 0.1) is 34.0 Å². The normalized spacial score (nSPS) is 44.2. The van der Waals surface area contributed by atoms with Crippen molar-refractivity contribution in [2.24, 2.45) is 34.0 Å². The van der Waals surface area contributed by atoms with Gasteiger partial charge in [0.05, 0.1) is 4.90 Å². The van der Waals surface area contributed by atoms with Crippen molar-refractivity contribution in [1.29, 1.82) is 0 Å². The van der Waals surface area contributed by atoms with Crippen LogP contribution in [0.4, 0.5) is 0 Å². The molecule has 6 aliphatic carbocycles. The SMILES string of the molecule is CC1(C)C2CCC1(c1cc(C34CCC(CC3)C4(C)C)c(S(=O)(=O)Cl)c(C34CCC(CC3)C4(C)C)c1)CC2. The lowest BCUT2D eigenvalue weighted by Gasteiger charge is -2.46. The highest BCUT2D eigenvalue weighted by Crippen LogP contribution is 2.72. The second kappa shape index (κ2) is 7.20. The summed E-state index contributed by atoms with van der Waals surface area (Å²) >= 11 is 0. The Hall–Kier alpha value is -0.540. The van der Waals surface area contributed by atoms with Gasteiger partial charge in [-0.1, -0.05) is 53.7 Å². The molecule has 0 radical (unpaired) electrons. The van der Waals surface area contributed by atoms with Crippen molar-refractivity contribution >= 4 is 19.7 Å². The van der Waals surface area contributed by atoms with Gasteiger partial charge in [0, 0.05) is 26.9 Å². The molecule has 37 heavy (non-hydrogen) atoms. The average molecular weight is 543 g/mol. The third kappa shape index (κ3) is 2.74. The Kier molecular flexibility index (Phi) is 4.95. The minimum absolute atomic E-state index is 0.0888. The molecule has 1 aromatic carbocycles. The molecular formula is C33H47ClO2S. The van der Waals surface area contributed by atoms with Crippen LogP contribution in [0.3, 0.4) is 0 Å². The molecule has 6 saturated carbocycles. The Morgan fingerprint density at radius 2 is 0.892 bits per heavy atom. The molecule has 7 rings (SSSR count). The first-order valence-electron chi connectivity index (χ1n) is 15.3. The van der Waals surface area contributed by atoms with Crippen LogP contribution in [0.2, 0.25) is 0 Å². The molecule has 0 spiro atoms. The topological polar surface area (TPSA) is 34.1 Å². The predicted molar refractivity (Wildman–Crippen MR) is 152 cm³/mol. The van der Waals surface area contributed by atoms with E-state index < -0.39 is 9.05 Å². The maximum Gasteiger partial charge on any atom is 0.261 e. The standard InChI is InChI=1S/C33H47ClO2S/c1-28(2)21-7-13-31(28,14-8-21)24-19-25(32-15-9-22(10-16-32)29(32,3)4)27(37(34,35)36)26(20-24)33-17-11-23(12-18-33)30(33,5)6/h19-23H,7-18H2,1-6H3. The van der Waals surface area contributed by atoms with Crippen molar-refractivity contribution < 1.29 is 8.42 Å². The highest BCUT2D eigenvalue weighted by Gasteiger charge is 2.65. The molecule has 6 bridgehead atoms. The van der Waals surface area contributed by atoms with Crippen molar-refractivity contribution in [3.8, 4) is 0 Å². The maximum absolute atomic E-state index is 13.8. The summed E-state index contributed by atoms with van der Waals surface area (Å²) in [5.74, 6) is 2.14. The van der Waals surface area contributed by atoms with Gasteiger partial charge >= 0.3 is 0 Å². The summed E-state index contributed by atoms with van der Waals surface area (Å²) < 4.78 is 27.7. The summed E-state index contributed by atoms with van der Waals surface area (Å²) in [5.41, 5.74) is 4.15. The number of rotatable bonds is 4. The molecule has 0 aromatic heterocycles. The second-order valence-electron chi connectivity index (χ2n) is 16.1. The van der Waals surface area contributed by atoms with Gasteiger partial charge in [-0.2, -0.15) is 0 Å². The summed E-state index contributed by atoms with van der Waals surface area (Å²) in [6, 6.07) is 4.88. The van der Waals surface area contributed by atoms with Crippen molar-refractivity contribution in [2.45, 2.75) is 140 Å². The number of halogens is 1. The first-order valence-corrected chi connectivity index (χ1v) is 17.6. The van der Waals surface area contributed by atoms with Gasteiger partial charge in [-0.3, -0.25) is 0 Å². The van der Waals surface area contributed by atoms with Crippen LogP contribution in [0.25, 0.3) is 0 Å². The van der Waals surface area contributed by atoms with Gasteiger partial charge in [-0.05, 0) is 128 Å². The van der Waals surface area contributed by atoms with E-state index in [0.717, 1.165) is 42.7 Å². The van der Waals surface area contributed by atoms with E-state index in [4.69, 9.17) is 10.7 Å². The Balaban J connectivity index is 1.59. The van der Waals surface area contributed by atoms with Gasteiger partial charge in [0.15, 0.2) is 0 Å². The van der Waals surface area contributed by atoms with Crippen LogP contribution in [0.15, 0.2) is 17.0 Å². The zero-order chi connectivity index (χ0) is 26.4. The third-order valence-corrected chi connectivity index (χ3v) is 16.6. The van der Waals surface area contributed by atoms with E-state index in [-0.39, 0.29) is 32.5 Å². The van der Waals surface area contributed by atoms with E-state index in [9.17, 15) is 8.42 Å². The zero-order valence-corrected chi connectivity index (χ0v) is 25.5. The minimum Gasteiger partial charge on any atom is -0.207 e. The molecule has 4 heteroatoms. The zero-order valence-electron chi connectivity index (χ0n) is 24.0. The molecule has 0 heterocycles. The van der Waals surface area contributed by atoms with Crippen molar-refractivity contribution in [2.75, 3.05) is 0 Å². The highest BCUT2D eigenvalue weighted by molar-refractivity contribution is 8.13. The van der Waals surface area contributed by atoms with Gasteiger partial charge in [0.1, 0.15) is 0 Å². The molecule has 2 nitrogen and oxygen atoms in total. The number of hydrogen-bond acceptors (Lipinski definition) is 2. The molecule has 204 valence electrons. The third-order valence-electron chi connectivity index (χ3n) is 15.2. The Labute approximate surface area is 230 Å². The summed E-state index contributed by atoms with van der Waals surface area (Å²) in [6.07, 6.45) is 14.4. The fraction of sp³-hybridized carbons (Fsp3) is 0.818. The minimum atomic E-state index is -3.91. The van der Waals surface area contributed by atoms with Crippen LogP contribution in [-0.4, -0.2) is 8.42 Å². The molecule has 1 aromatic rings. The summed E-state index contributed by atoms with van der Waals surface area (Å²) in [7, 11) is 2.68. The van der Waals surface area contributed by atoms with Crippen LogP contribution >= 0.6 is 10.7 Å². The number of benzene rings is 1. The lowest BCUT2D eigenvalue weighted by molar-refractivity contribution is 0.196. The summed E-state index contributed by atoms with van der Waals surface area (Å²) in [6.45, 7) is 14.7. The first kappa shape index (κ1) is 25.4. The van der Waals surface area contributed by atoms with Crippen molar-refractivity contribution in [3.05, 3.63) is 28.8 Å². The van der Waals surface area contributed by atoms with Crippen LogP contribution in [-0.2, 0) is 25.3 Å². The Bertz CT molecular complexity index is 1200. The fourth-order valence-corrected chi connectivity index (χ4v) is 13.9. The van der Waals surface area contributed by atoms with Crippen molar-refractivity contribution in [3.63, 3.8) is 0 Å². The molecule has 0 amide bonds. The van der Waals surface area contributed by atoms with Crippen molar-refractivity contribution in [1.82, 2.24) is 0 Å². The Morgan fingerprint density at radius 1 is 0.595 bits per heavy atom. The van der Waals surface area contributed by atoms with Crippen LogP contribution in [0.1, 0.15) is 135 Å². The van der Waals surface area contributed by atoms with E-state index in [0.29, 0.717) is 16.7 Å². The van der Waals surface area contributed by atoms with E-state index in [1.165, 1.54) is 56.9 Å². The van der Waals surface area contributed by atoms with Gasteiger partial charge in [-0.25, -0.2) is 8.42 Å². The fourth-order valence-electron chi connectivity index (χ4n) is 12.4. The largest absolute Gasteiger partial charge is 0.261 e. The number of hydrogen-bond donors (Lipinski definition) is 0. The van der Waals surface area contributed by atoms with Gasteiger partial charge in [-0.15, -0.1) is 0 Å². The molecule has 6 aliphatic rings. The quantitative estimate of drug-likeness (QED) is 0.355. The average Bonchev–Trinajstić information content (AvgIpc) is 3.58. The van der Waals surface area contributed by atoms with Gasteiger partial charge in [0.25, 0.3) is 9.05 Å². The van der Waals surface area contributed by atoms with Gasteiger partial charge in [0.2, 0.25) is 0 Å². The second-order valence-corrected chi connectivity index (χ2v) is 18.6. The maximum atomic E-state index is 13.8. The lowest BCUT2D eigenvalue weighted by atomic mass is 9.58. The molecular weight excluding hydrogens is 496 g/mol. The lowest BCUT2D eigenvalue weighted by Crippen LogP contribution is -2.41. The van der Waals surface area contributed by atoms with E-state index in [1.54, 1.807) is 0 Å². The molecule has 0 aliphatic heterocycles. The monoisotopic (exact) mass is 542 g/mol. The smallest absolute Gasteiger partial charge is 0.207 e. The highest BCUT2D eigenvalue weighted by atomic mass is 35.7. The molecule has 0 N–H and O–H groups in total. The van der Waals surface area contributed by atoms with Crippen LogP contribution < -0.4 is 0 Å². The summed E-state index contributed by atoms with van der Waals surface area (Å²) in [4.78, 5) is 0.547. The molecule has 0 saturated heterocycles. The van der Waals surface area contributed by atoms with E-state index in [1.807, 2.05) is 0 Å². The summed E-state index contributed by atoms with van der Waals surface area (Å²) in [5, 5.41) is 0. The Morgan fingerprint density at radius 3 is 1.14 bits per heavy atom. The first-order chi connectivity index (χ1) is 17.1. The van der Waals surface area contributed by atoms with E-state index in [2.05, 4.69) is 53.7 Å². The number of fused-ring (bicyclic) bond motifs is 6. The molecule has 0 atom stereocenters. The van der Waals surface area contributed by atoms with Crippen LogP contribution in [0.5, 0.6) is 0 Å². The molecule has 0 unspecified atom stereocenters. The predicted octanol–water partition coefficient (Wildman–Crippen LogP) is 9.02. The molecule has 6 fully saturated rings. The van der Waals surface area contributed by atoms with E-state index >= 15 is 0 Å². The van der Waals surface area contributed by atoms with Gasteiger partial charge < -0.3 is 0 Å².